The summed E-state index contributed by atoms with van der Waals surface area (Å²) in [4.78, 5) is 12.8. The largest absolute Gasteiger partial charge is 0.459 e. The maximum Gasteiger partial charge on any atom is 0.315 e. The molecule has 0 radical (unpaired) electrons. The first-order chi connectivity index (χ1) is 11.4. The minimum absolute atomic E-state index is 0.0313. The van der Waals surface area contributed by atoms with Crippen molar-refractivity contribution in [2.75, 3.05) is 6.61 Å². The van der Waals surface area contributed by atoms with E-state index in [0.717, 1.165) is 38.5 Å². The molecule has 0 aromatic rings. The second kappa shape index (κ2) is 4.45. The Morgan fingerprint density at radius 3 is 2.83 bits per heavy atom. The monoisotopic (exact) mass is 332 g/mol. The number of hydrogen-bond acceptors (Lipinski definition) is 4. The van der Waals surface area contributed by atoms with E-state index in [2.05, 4.69) is 13.5 Å². The molecule has 132 valence electrons. The molecule has 8 atom stereocenters. The summed E-state index contributed by atoms with van der Waals surface area (Å²) in [6, 6.07) is 0. The number of aliphatic hydroxyl groups excluding tert-OH is 2. The van der Waals surface area contributed by atoms with Crippen LogP contribution >= 0.6 is 0 Å². The Bertz CT molecular complexity index is 629. The Kier molecular flexibility index (Phi) is 2.85. The van der Waals surface area contributed by atoms with Gasteiger partial charge in [-0.3, -0.25) is 4.79 Å². The molecule has 1 saturated heterocycles. The van der Waals surface area contributed by atoms with E-state index in [1.54, 1.807) is 0 Å². The molecule has 1 spiro atoms. The van der Waals surface area contributed by atoms with Gasteiger partial charge in [0.05, 0.1) is 18.1 Å². The van der Waals surface area contributed by atoms with Crippen molar-refractivity contribution in [2.45, 2.75) is 64.1 Å². The fourth-order valence-corrected chi connectivity index (χ4v) is 7.95. The smallest absolute Gasteiger partial charge is 0.315 e. The summed E-state index contributed by atoms with van der Waals surface area (Å²) in [5, 5.41) is 21.5. The summed E-state index contributed by atoms with van der Waals surface area (Å²) in [5.74, 6) is 0.662. The van der Waals surface area contributed by atoms with Crippen LogP contribution in [0, 0.1) is 34.0 Å². The van der Waals surface area contributed by atoms with Gasteiger partial charge in [-0.05, 0) is 55.8 Å². The van der Waals surface area contributed by atoms with Crippen LogP contribution in [0.1, 0.15) is 51.9 Å². The lowest BCUT2D eigenvalue weighted by Gasteiger charge is -2.68. The number of carbonyl (C=O) groups is 1. The molecule has 4 nitrogen and oxygen atoms in total. The van der Waals surface area contributed by atoms with Crippen LogP contribution in [-0.2, 0) is 9.53 Å². The highest BCUT2D eigenvalue weighted by molar-refractivity contribution is 5.80. The van der Waals surface area contributed by atoms with Gasteiger partial charge in [0.15, 0.2) is 0 Å². The van der Waals surface area contributed by atoms with Crippen molar-refractivity contribution in [3.05, 3.63) is 12.2 Å². The van der Waals surface area contributed by atoms with Gasteiger partial charge in [0.1, 0.15) is 6.10 Å². The molecule has 2 bridgehead atoms. The van der Waals surface area contributed by atoms with E-state index in [0.29, 0.717) is 18.3 Å². The van der Waals surface area contributed by atoms with E-state index < -0.39 is 17.6 Å². The van der Waals surface area contributed by atoms with Gasteiger partial charge in [0, 0.05) is 11.3 Å². The first kappa shape index (κ1) is 15.4. The Hall–Kier alpha value is -0.870. The molecule has 6 rings (SSSR count). The lowest BCUT2D eigenvalue weighted by Crippen LogP contribution is -2.69. The molecular formula is C20H28O4. The van der Waals surface area contributed by atoms with E-state index in [-0.39, 0.29) is 29.3 Å². The first-order valence-corrected chi connectivity index (χ1v) is 9.57. The van der Waals surface area contributed by atoms with Crippen LogP contribution in [0.15, 0.2) is 12.2 Å². The second-order valence-electron chi connectivity index (χ2n) is 9.56. The number of allylic oxidation sites excluding steroid dienone is 1. The van der Waals surface area contributed by atoms with E-state index >= 15 is 0 Å². The van der Waals surface area contributed by atoms with Gasteiger partial charge in [0.2, 0.25) is 0 Å². The molecule has 5 aliphatic carbocycles. The zero-order valence-electron chi connectivity index (χ0n) is 14.5. The highest BCUT2D eigenvalue weighted by Crippen LogP contribution is 2.73. The first-order valence-electron chi connectivity index (χ1n) is 9.57. The van der Waals surface area contributed by atoms with Crippen LogP contribution in [-0.4, -0.2) is 35.0 Å². The van der Waals surface area contributed by atoms with Gasteiger partial charge in [-0.15, -0.1) is 0 Å². The predicted molar refractivity (Wildman–Crippen MR) is 87.9 cm³/mol. The van der Waals surface area contributed by atoms with Crippen LogP contribution in [0.25, 0.3) is 0 Å². The number of rotatable bonds is 1. The number of esters is 1. The van der Waals surface area contributed by atoms with Crippen molar-refractivity contribution in [3.63, 3.8) is 0 Å². The van der Waals surface area contributed by atoms with Crippen LogP contribution < -0.4 is 0 Å². The Morgan fingerprint density at radius 1 is 1.33 bits per heavy atom. The van der Waals surface area contributed by atoms with Crippen LogP contribution in [0.4, 0.5) is 0 Å². The lowest BCUT2D eigenvalue weighted by atomic mass is 9.36. The molecule has 5 saturated carbocycles. The maximum atomic E-state index is 12.8. The van der Waals surface area contributed by atoms with Crippen molar-refractivity contribution in [1.82, 2.24) is 0 Å². The molecule has 0 aromatic heterocycles. The van der Waals surface area contributed by atoms with E-state index in [1.807, 2.05) is 0 Å². The minimum atomic E-state index is -0.784. The van der Waals surface area contributed by atoms with Crippen LogP contribution in [0.2, 0.25) is 0 Å². The molecule has 6 aliphatic rings. The lowest BCUT2D eigenvalue weighted by molar-refractivity contribution is -0.241. The fourth-order valence-electron chi connectivity index (χ4n) is 7.95. The maximum absolute atomic E-state index is 12.8. The van der Waals surface area contributed by atoms with Gasteiger partial charge in [0.25, 0.3) is 0 Å². The van der Waals surface area contributed by atoms with Gasteiger partial charge in [-0.2, -0.15) is 0 Å². The molecule has 0 unspecified atom stereocenters. The standard InChI is InChI=1S/C20H28O4/c1-11-9-19-7-4-12(11)8-13(19)18(2)5-3-6-20(10-21)15(18)14(16(19)22)24-17(20)23/h12-16,21-22H,1,3-10H2,2H3/t12-,13-,14+,15+,16-,18-,19+,20-/m0/s1. The molecule has 1 aliphatic heterocycles. The van der Waals surface area contributed by atoms with Crippen molar-refractivity contribution in [3.8, 4) is 0 Å². The fraction of sp³-hybridized carbons (Fsp3) is 0.850. The predicted octanol–water partition coefficient (Wildman–Crippen LogP) is 2.43. The van der Waals surface area contributed by atoms with Gasteiger partial charge in [-0.25, -0.2) is 0 Å². The van der Waals surface area contributed by atoms with E-state index in [9.17, 15) is 15.0 Å². The summed E-state index contributed by atoms with van der Waals surface area (Å²) in [7, 11) is 0. The number of fused-ring (bicyclic) bond motifs is 2. The summed E-state index contributed by atoms with van der Waals surface area (Å²) >= 11 is 0. The van der Waals surface area contributed by atoms with Crippen molar-refractivity contribution in [1.29, 1.82) is 0 Å². The highest BCUT2D eigenvalue weighted by atomic mass is 16.6. The average Bonchev–Trinajstić information content (AvgIpc) is 2.88. The summed E-state index contributed by atoms with van der Waals surface area (Å²) in [6.45, 7) is 6.46. The molecule has 1 heterocycles. The Labute approximate surface area is 143 Å². The molecule has 2 N–H and O–H groups in total. The number of ether oxygens (including phenoxy) is 1. The topological polar surface area (TPSA) is 66.8 Å². The normalized spacial score (nSPS) is 58.2. The quantitative estimate of drug-likeness (QED) is 0.572. The van der Waals surface area contributed by atoms with Gasteiger partial charge >= 0.3 is 5.97 Å². The van der Waals surface area contributed by atoms with Gasteiger partial charge in [-0.1, -0.05) is 25.5 Å². The number of carbonyl (C=O) groups excluding carboxylic acids is 1. The van der Waals surface area contributed by atoms with E-state index in [4.69, 9.17) is 4.74 Å². The third kappa shape index (κ3) is 1.44. The molecular weight excluding hydrogens is 304 g/mol. The van der Waals surface area contributed by atoms with Gasteiger partial charge < -0.3 is 14.9 Å². The Balaban J connectivity index is 1.69. The van der Waals surface area contributed by atoms with Crippen LogP contribution in [0.5, 0.6) is 0 Å². The highest BCUT2D eigenvalue weighted by Gasteiger charge is 2.75. The minimum Gasteiger partial charge on any atom is -0.459 e. The molecule has 0 aromatic carbocycles. The van der Waals surface area contributed by atoms with Crippen molar-refractivity contribution < 1.29 is 19.7 Å². The SMILES string of the molecule is C=C1C[C@]23CC[C@H]1C[C@H]2[C@]1(C)CCC[C@@]2(CO)C(=O)O[C@H]([C@@H]21)[C@@H]3O. The van der Waals surface area contributed by atoms with E-state index in [1.165, 1.54) is 5.57 Å². The molecule has 24 heavy (non-hydrogen) atoms. The average molecular weight is 332 g/mol. The molecule has 0 amide bonds. The zero-order valence-corrected chi connectivity index (χ0v) is 14.5. The third-order valence-corrected chi connectivity index (χ3v) is 8.91. The number of aliphatic hydroxyl groups is 2. The molecule has 6 fully saturated rings. The van der Waals surface area contributed by atoms with Crippen molar-refractivity contribution in [2.24, 2.45) is 34.0 Å². The summed E-state index contributed by atoms with van der Waals surface area (Å²) in [6.07, 6.45) is 5.76. The molecule has 4 heteroatoms. The van der Waals surface area contributed by atoms with Crippen LogP contribution in [0.3, 0.4) is 0 Å². The zero-order chi connectivity index (χ0) is 16.9. The third-order valence-electron chi connectivity index (χ3n) is 8.91. The van der Waals surface area contributed by atoms with Crippen molar-refractivity contribution >= 4 is 5.97 Å². The Morgan fingerprint density at radius 2 is 2.12 bits per heavy atom. The summed E-state index contributed by atoms with van der Waals surface area (Å²) in [5.41, 5.74) is 0.294. The summed E-state index contributed by atoms with van der Waals surface area (Å²) < 4.78 is 5.80. The number of hydrogen-bond donors (Lipinski definition) is 2. The second-order valence-corrected chi connectivity index (χ2v) is 9.56.